The Balaban J connectivity index is 0.00000441. The second-order valence-electron chi connectivity index (χ2n) is 6.45. The Bertz CT molecular complexity index is 447. The molecule has 4 nitrogen and oxygen atoms in total. The average molecular weight is 418 g/mol. The van der Waals surface area contributed by atoms with Crippen molar-refractivity contribution in [1.29, 1.82) is 0 Å². The van der Waals surface area contributed by atoms with Crippen LogP contribution in [0.4, 0.5) is 5.69 Å². The summed E-state index contributed by atoms with van der Waals surface area (Å²) in [7, 11) is 4.11. The molecule has 0 aliphatic heterocycles. The van der Waals surface area contributed by atoms with E-state index in [1.807, 2.05) is 0 Å². The molecule has 0 saturated carbocycles. The highest BCUT2D eigenvalue weighted by Crippen LogP contribution is 2.12. The van der Waals surface area contributed by atoms with Gasteiger partial charge in [0.2, 0.25) is 0 Å². The third kappa shape index (κ3) is 8.46. The van der Waals surface area contributed by atoms with Crippen LogP contribution in [-0.2, 0) is 6.42 Å². The molecule has 126 valence electrons. The lowest BCUT2D eigenvalue weighted by Crippen LogP contribution is -2.47. The summed E-state index contributed by atoms with van der Waals surface area (Å²) >= 11 is 0. The molecule has 0 atom stereocenters. The number of nitrogens with one attached hydrogen (secondary N) is 2. The number of halogens is 1. The minimum Gasteiger partial charge on any atom is -0.378 e. The van der Waals surface area contributed by atoms with Gasteiger partial charge in [0.15, 0.2) is 5.96 Å². The number of benzene rings is 1. The molecule has 0 aliphatic rings. The molecule has 0 bridgehead atoms. The summed E-state index contributed by atoms with van der Waals surface area (Å²) in [5, 5.41) is 6.68. The number of hydrogen-bond donors (Lipinski definition) is 2. The largest absolute Gasteiger partial charge is 0.378 e. The first kappa shape index (κ1) is 21.0. The quantitative estimate of drug-likeness (QED) is 0.438. The SMILES string of the molecule is CCNC(=NCCc1ccc(N(C)C)cc1)NC(C)(C)C.I. The van der Waals surface area contributed by atoms with Crippen LogP contribution in [0.3, 0.4) is 0 Å². The van der Waals surface area contributed by atoms with Crippen LogP contribution in [0.1, 0.15) is 33.3 Å². The third-order valence-corrected chi connectivity index (χ3v) is 2.96. The van der Waals surface area contributed by atoms with E-state index in [1.54, 1.807) is 0 Å². The number of nitrogens with zero attached hydrogens (tertiary/aromatic N) is 2. The van der Waals surface area contributed by atoms with Crippen LogP contribution in [0.15, 0.2) is 29.3 Å². The van der Waals surface area contributed by atoms with E-state index < -0.39 is 0 Å². The molecule has 0 fully saturated rings. The molecule has 5 heteroatoms. The summed E-state index contributed by atoms with van der Waals surface area (Å²) in [5.74, 6) is 0.884. The van der Waals surface area contributed by atoms with E-state index in [4.69, 9.17) is 0 Å². The Hall–Kier alpha value is -0.980. The van der Waals surface area contributed by atoms with Gasteiger partial charge in [-0.15, -0.1) is 24.0 Å². The van der Waals surface area contributed by atoms with Crippen LogP contribution in [0, 0.1) is 0 Å². The van der Waals surface area contributed by atoms with Crippen molar-refractivity contribution in [3.63, 3.8) is 0 Å². The highest BCUT2D eigenvalue weighted by molar-refractivity contribution is 14.0. The van der Waals surface area contributed by atoms with Gasteiger partial charge in [-0.25, -0.2) is 0 Å². The van der Waals surface area contributed by atoms with Gasteiger partial charge < -0.3 is 15.5 Å². The summed E-state index contributed by atoms with van der Waals surface area (Å²) in [5.41, 5.74) is 2.56. The number of aliphatic imine (C=N–C) groups is 1. The second-order valence-corrected chi connectivity index (χ2v) is 6.45. The molecule has 0 saturated heterocycles. The van der Waals surface area contributed by atoms with E-state index in [1.165, 1.54) is 11.3 Å². The van der Waals surface area contributed by atoms with Crippen LogP contribution < -0.4 is 15.5 Å². The average Bonchev–Trinajstić information content (AvgIpc) is 2.37. The number of hydrogen-bond acceptors (Lipinski definition) is 2. The Kier molecular flexibility index (Phi) is 9.48. The molecule has 1 rings (SSSR count). The van der Waals surface area contributed by atoms with Gasteiger partial charge in [-0.1, -0.05) is 12.1 Å². The zero-order valence-electron chi connectivity index (χ0n) is 14.7. The highest BCUT2D eigenvalue weighted by Gasteiger charge is 2.11. The van der Waals surface area contributed by atoms with Gasteiger partial charge in [0.1, 0.15) is 0 Å². The first-order valence-electron chi connectivity index (χ1n) is 7.64. The standard InChI is InChI=1S/C17H30N4.HI/c1-7-18-16(20-17(2,3)4)19-13-12-14-8-10-15(11-9-14)21(5)6;/h8-11H,7,12-13H2,1-6H3,(H2,18,19,20);1H. The van der Waals surface area contributed by atoms with Crippen molar-refractivity contribution >= 4 is 35.6 Å². The van der Waals surface area contributed by atoms with Crippen molar-refractivity contribution in [2.75, 3.05) is 32.1 Å². The zero-order valence-corrected chi connectivity index (χ0v) is 17.1. The van der Waals surface area contributed by atoms with Crippen molar-refractivity contribution in [1.82, 2.24) is 10.6 Å². The lowest BCUT2D eigenvalue weighted by molar-refractivity contribution is 0.501. The fraction of sp³-hybridized carbons (Fsp3) is 0.588. The Labute approximate surface area is 152 Å². The Morgan fingerprint density at radius 2 is 1.73 bits per heavy atom. The molecule has 1 aromatic carbocycles. The maximum atomic E-state index is 4.64. The molecule has 0 radical (unpaired) electrons. The maximum Gasteiger partial charge on any atom is 0.191 e. The van der Waals surface area contributed by atoms with Crippen molar-refractivity contribution in [2.45, 2.75) is 39.7 Å². The summed E-state index contributed by atoms with van der Waals surface area (Å²) in [6.07, 6.45) is 0.953. The first-order valence-corrected chi connectivity index (χ1v) is 7.64. The Morgan fingerprint density at radius 1 is 1.14 bits per heavy atom. The van der Waals surface area contributed by atoms with Gasteiger partial charge in [0.05, 0.1) is 0 Å². The van der Waals surface area contributed by atoms with Crippen LogP contribution in [0.25, 0.3) is 0 Å². The topological polar surface area (TPSA) is 39.7 Å². The van der Waals surface area contributed by atoms with E-state index in [0.717, 1.165) is 25.5 Å². The van der Waals surface area contributed by atoms with Gasteiger partial charge >= 0.3 is 0 Å². The summed E-state index contributed by atoms with van der Waals surface area (Å²) in [6.45, 7) is 10.2. The van der Waals surface area contributed by atoms with Gasteiger partial charge in [-0.3, -0.25) is 4.99 Å². The predicted octanol–water partition coefficient (Wildman–Crippen LogP) is 3.27. The number of anilines is 1. The normalized spacial score (nSPS) is 11.6. The fourth-order valence-corrected chi connectivity index (χ4v) is 1.92. The van der Waals surface area contributed by atoms with E-state index in [-0.39, 0.29) is 29.5 Å². The lowest BCUT2D eigenvalue weighted by Gasteiger charge is -2.23. The minimum atomic E-state index is 0. The van der Waals surface area contributed by atoms with Crippen LogP contribution in [-0.4, -0.2) is 38.7 Å². The molecule has 0 spiro atoms. The molecule has 1 aromatic rings. The molecule has 2 N–H and O–H groups in total. The predicted molar refractivity (Wildman–Crippen MR) is 109 cm³/mol. The minimum absolute atomic E-state index is 0. The summed E-state index contributed by atoms with van der Waals surface area (Å²) < 4.78 is 0. The molecule has 0 amide bonds. The van der Waals surface area contributed by atoms with Crippen molar-refractivity contribution < 1.29 is 0 Å². The van der Waals surface area contributed by atoms with Gasteiger partial charge in [-0.05, 0) is 51.8 Å². The zero-order chi connectivity index (χ0) is 15.9. The van der Waals surface area contributed by atoms with Crippen LogP contribution in [0.5, 0.6) is 0 Å². The van der Waals surface area contributed by atoms with E-state index in [9.17, 15) is 0 Å². The summed E-state index contributed by atoms with van der Waals surface area (Å²) in [4.78, 5) is 6.75. The molecule has 0 aromatic heterocycles. The van der Waals surface area contributed by atoms with Gasteiger partial charge in [-0.2, -0.15) is 0 Å². The maximum absolute atomic E-state index is 4.64. The number of guanidine groups is 1. The first-order chi connectivity index (χ1) is 9.81. The molecule has 0 heterocycles. The van der Waals surface area contributed by atoms with Crippen molar-refractivity contribution in [2.24, 2.45) is 4.99 Å². The Morgan fingerprint density at radius 3 is 2.18 bits per heavy atom. The van der Waals surface area contributed by atoms with Gasteiger partial charge in [0.25, 0.3) is 0 Å². The van der Waals surface area contributed by atoms with Crippen molar-refractivity contribution in [3.8, 4) is 0 Å². The monoisotopic (exact) mass is 418 g/mol. The van der Waals surface area contributed by atoms with E-state index >= 15 is 0 Å². The molecular weight excluding hydrogens is 387 g/mol. The fourth-order valence-electron chi connectivity index (χ4n) is 1.92. The molecule has 22 heavy (non-hydrogen) atoms. The van der Waals surface area contributed by atoms with E-state index in [2.05, 4.69) is 86.6 Å². The lowest BCUT2D eigenvalue weighted by atomic mass is 10.1. The van der Waals surface area contributed by atoms with Crippen LogP contribution in [0.2, 0.25) is 0 Å². The highest BCUT2D eigenvalue weighted by atomic mass is 127. The second kappa shape index (κ2) is 9.92. The third-order valence-electron chi connectivity index (χ3n) is 2.96. The molecule has 0 aliphatic carbocycles. The molecule has 0 unspecified atom stereocenters. The number of rotatable bonds is 5. The van der Waals surface area contributed by atoms with Gasteiger partial charge in [0, 0.05) is 38.4 Å². The van der Waals surface area contributed by atoms with Crippen molar-refractivity contribution in [3.05, 3.63) is 29.8 Å². The smallest absolute Gasteiger partial charge is 0.191 e. The summed E-state index contributed by atoms with van der Waals surface area (Å²) in [6, 6.07) is 8.65. The molecular formula is C17H31IN4. The van der Waals surface area contributed by atoms with Crippen LogP contribution >= 0.6 is 24.0 Å². The van der Waals surface area contributed by atoms with E-state index in [0.29, 0.717) is 0 Å².